The van der Waals surface area contributed by atoms with E-state index in [1.54, 1.807) is 18.2 Å². The highest BCUT2D eigenvalue weighted by molar-refractivity contribution is 7.16. The van der Waals surface area contributed by atoms with Crippen molar-refractivity contribution in [3.63, 3.8) is 0 Å². The number of fused-ring (bicyclic) bond motifs is 1. The standard InChI is InChI=1S/C20H17ClN2O3S/c1-5-11-23-18-12(2)13(21)9-10-16(18)27-20(23)22-19(24)17-14(25-3)7-6-8-15(17)26-4/h1,6-10H,11H2,2-4H3. The molecule has 5 nitrogen and oxygen atoms in total. The number of terminal acetylenes is 1. The molecule has 0 atom stereocenters. The first-order valence-electron chi connectivity index (χ1n) is 8.03. The fourth-order valence-electron chi connectivity index (χ4n) is 2.84. The molecule has 0 N–H and O–H groups in total. The average molecular weight is 401 g/mol. The summed E-state index contributed by atoms with van der Waals surface area (Å²) in [5.74, 6) is 2.94. The van der Waals surface area contributed by atoms with Crippen LogP contribution in [0.25, 0.3) is 10.2 Å². The Morgan fingerprint density at radius 2 is 1.93 bits per heavy atom. The Balaban J connectivity index is 2.26. The molecule has 0 saturated heterocycles. The number of halogens is 1. The second kappa shape index (κ2) is 7.87. The van der Waals surface area contributed by atoms with Gasteiger partial charge in [-0.15, -0.1) is 6.42 Å². The summed E-state index contributed by atoms with van der Waals surface area (Å²) in [6.07, 6.45) is 5.54. The normalized spacial score (nSPS) is 11.4. The van der Waals surface area contributed by atoms with E-state index in [0.717, 1.165) is 15.8 Å². The van der Waals surface area contributed by atoms with Crippen LogP contribution in [0.2, 0.25) is 5.02 Å². The number of carbonyl (C=O) groups is 1. The summed E-state index contributed by atoms with van der Waals surface area (Å²) in [6, 6.07) is 8.85. The summed E-state index contributed by atoms with van der Waals surface area (Å²) in [4.78, 5) is 17.8. The molecule has 7 heteroatoms. The number of benzene rings is 2. The summed E-state index contributed by atoms with van der Waals surface area (Å²) < 4.78 is 13.4. The van der Waals surface area contributed by atoms with Crippen molar-refractivity contribution in [3.8, 4) is 23.8 Å². The van der Waals surface area contributed by atoms with Crippen LogP contribution in [0.4, 0.5) is 0 Å². The van der Waals surface area contributed by atoms with Crippen LogP contribution in [0.1, 0.15) is 15.9 Å². The van der Waals surface area contributed by atoms with Crippen molar-refractivity contribution in [1.29, 1.82) is 0 Å². The minimum absolute atomic E-state index is 0.266. The smallest absolute Gasteiger partial charge is 0.287 e. The van der Waals surface area contributed by atoms with Gasteiger partial charge in [0.15, 0.2) is 4.80 Å². The highest BCUT2D eigenvalue weighted by atomic mass is 35.5. The Hall–Kier alpha value is -2.75. The van der Waals surface area contributed by atoms with E-state index in [0.29, 0.717) is 21.3 Å². The highest BCUT2D eigenvalue weighted by Gasteiger charge is 2.19. The number of amides is 1. The van der Waals surface area contributed by atoms with Crippen LogP contribution in [0, 0.1) is 19.3 Å². The van der Waals surface area contributed by atoms with Crippen molar-refractivity contribution >= 4 is 39.1 Å². The Morgan fingerprint density at radius 1 is 1.26 bits per heavy atom. The summed E-state index contributed by atoms with van der Waals surface area (Å²) >= 11 is 7.64. The molecule has 0 saturated carbocycles. The molecule has 138 valence electrons. The number of aromatic nitrogens is 1. The van der Waals surface area contributed by atoms with Gasteiger partial charge < -0.3 is 14.0 Å². The third kappa shape index (κ3) is 3.44. The van der Waals surface area contributed by atoms with Gasteiger partial charge in [0.2, 0.25) is 0 Å². The van der Waals surface area contributed by atoms with Crippen LogP contribution in [-0.4, -0.2) is 24.7 Å². The van der Waals surface area contributed by atoms with E-state index in [-0.39, 0.29) is 12.1 Å². The van der Waals surface area contributed by atoms with E-state index in [1.165, 1.54) is 25.6 Å². The predicted octanol–water partition coefficient (Wildman–Crippen LogP) is 4.06. The molecule has 3 rings (SSSR count). The summed E-state index contributed by atoms with van der Waals surface area (Å²) in [5.41, 5.74) is 2.04. The van der Waals surface area contributed by atoms with Crippen LogP contribution >= 0.6 is 22.9 Å². The van der Waals surface area contributed by atoms with Gasteiger partial charge in [-0.25, -0.2) is 0 Å². The van der Waals surface area contributed by atoms with Crippen molar-refractivity contribution in [1.82, 2.24) is 4.57 Å². The minimum Gasteiger partial charge on any atom is -0.496 e. The maximum atomic E-state index is 12.9. The van der Waals surface area contributed by atoms with Crippen LogP contribution in [0.15, 0.2) is 35.3 Å². The third-order valence-corrected chi connectivity index (χ3v) is 5.57. The average Bonchev–Trinajstić information content (AvgIpc) is 3.02. The van der Waals surface area contributed by atoms with Crippen molar-refractivity contribution in [2.24, 2.45) is 4.99 Å². The maximum Gasteiger partial charge on any atom is 0.287 e. The number of rotatable bonds is 4. The van der Waals surface area contributed by atoms with E-state index in [4.69, 9.17) is 27.5 Å². The SMILES string of the molecule is C#CCn1c(=NC(=O)c2c(OC)cccc2OC)sc2ccc(Cl)c(C)c21. The van der Waals surface area contributed by atoms with Gasteiger partial charge in [-0.3, -0.25) is 4.79 Å². The summed E-state index contributed by atoms with van der Waals surface area (Å²) in [5, 5.41) is 0.635. The highest BCUT2D eigenvalue weighted by Crippen LogP contribution is 2.30. The molecule has 0 aliphatic carbocycles. The Bertz CT molecular complexity index is 1120. The molecule has 0 unspecified atom stereocenters. The molecule has 0 aliphatic heterocycles. The van der Waals surface area contributed by atoms with Crippen molar-refractivity contribution in [3.05, 3.63) is 51.3 Å². The first-order chi connectivity index (χ1) is 13.0. The van der Waals surface area contributed by atoms with Gasteiger partial charge >= 0.3 is 0 Å². The van der Waals surface area contributed by atoms with Crippen LogP contribution < -0.4 is 14.3 Å². The Morgan fingerprint density at radius 3 is 2.52 bits per heavy atom. The maximum absolute atomic E-state index is 12.9. The van der Waals surface area contributed by atoms with Gasteiger partial charge in [0, 0.05) is 5.02 Å². The van der Waals surface area contributed by atoms with E-state index in [2.05, 4.69) is 10.9 Å². The van der Waals surface area contributed by atoms with Crippen LogP contribution in [0.5, 0.6) is 11.5 Å². The number of ether oxygens (including phenoxy) is 2. The van der Waals surface area contributed by atoms with E-state index in [1.807, 2.05) is 23.6 Å². The molecule has 0 spiro atoms. The second-order valence-corrected chi connectivity index (χ2v) is 7.06. The molecule has 3 aromatic rings. The molecule has 0 bridgehead atoms. The van der Waals surface area contributed by atoms with Crippen molar-refractivity contribution < 1.29 is 14.3 Å². The van der Waals surface area contributed by atoms with Gasteiger partial charge in [-0.2, -0.15) is 4.99 Å². The van der Waals surface area contributed by atoms with Gasteiger partial charge in [0.05, 0.1) is 31.0 Å². The van der Waals surface area contributed by atoms with Gasteiger partial charge in [0.25, 0.3) is 5.91 Å². The Labute approximate surface area is 165 Å². The molecule has 0 radical (unpaired) electrons. The van der Waals surface area contributed by atoms with Gasteiger partial charge in [0.1, 0.15) is 17.1 Å². The quantitative estimate of drug-likeness (QED) is 0.620. The molecular formula is C20H17ClN2O3S. The predicted molar refractivity (Wildman–Crippen MR) is 108 cm³/mol. The number of nitrogens with zero attached hydrogens (tertiary/aromatic N) is 2. The zero-order valence-corrected chi connectivity index (χ0v) is 16.6. The van der Waals surface area contributed by atoms with Gasteiger partial charge in [-0.1, -0.05) is 34.9 Å². The number of carbonyl (C=O) groups excluding carboxylic acids is 1. The fourth-order valence-corrected chi connectivity index (χ4v) is 4.08. The lowest BCUT2D eigenvalue weighted by Crippen LogP contribution is -2.17. The number of thiazole rings is 1. The monoisotopic (exact) mass is 400 g/mol. The van der Waals surface area contributed by atoms with E-state index >= 15 is 0 Å². The van der Waals surface area contributed by atoms with Crippen molar-refractivity contribution in [2.75, 3.05) is 14.2 Å². The molecule has 0 fully saturated rings. The fraction of sp³-hybridized carbons (Fsp3) is 0.200. The Kier molecular flexibility index (Phi) is 5.54. The number of aryl methyl sites for hydroxylation is 1. The number of hydrogen-bond donors (Lipinski definition) is 0. The molecule has 2 aromatic carbocycles. The second-order valence-electron chi connectivity index (χ2n) is 5.65. The first-order valence-corrected chi connectivity index (χ1v) is 9.23. The van der Waals surface area contributed by atoms with Crippen molar-refractivity contribution in [2.45, 2.75) is 13.5 Å². The van der Waals surface area contributed by atoms with Crippen LogP contribution in [-0.2, 0) is 6.54 Å². The molecular weight excluding hydrogens is 384 g/mol. The molecule has 1 aromatic heterocycles. The van der Waals surface area contributed by atoms with E-state index in [9.17, 15) is 4.79 Å². The largest absolute Gasteiger partial charge is 0.496 e. The topological polar surface area (TPSA) is 52.8 Å². The van der Waals surface area contributed by atoms with Crippen LogP contribution in [0.3, 0.4) is 0 Å². The molecule has 1 amide bonds. The number of methoxy groups -OCH3 is 2. The molecule has 0 aliphatic rings. The number of hydrogen-bond acceptors (Lipinski definition) is 4. The summed E-state index contributed by atoms with van der Waals surface area (Å²) in [7, 11) is 2.99. The zero-order valence-electron chi connectivity index (χ0n) is 15.1. The zero-order chi connectivity index (χ0) is 19.6. The van der Waals surface area contributed by atoms with E-state index < -0.39 is 5.91 Å². The molecule has 1 heterocycles. The lowest BCUT2D eigenvalue weighted by Gasteiger charge is -2.09. The lowest BCUT2D eigenvalue weighted by molar-refractivity contribution is 0.0992. The third-order valence-electron chi connectivity index (χ3n) is 4.12. The summed E-state index contributed by atoms with van der Waals surface area (Å²) in [6.45, 7) is 2.19. The lowest BCUT2D eigenvalue weighted by atomic mass is 10.1. The van der Waals surface area contributed by atoms with Gasteiger partial charge in [-0.05, 0) is 36.8 Å². The first kappa shape index (κ1) is 19.0. The molecule has 27 heavy (non-hydrogen) atoms. The minimum atomic E-state index is -0.467.